The third kappa shape index (κ3) is 10.5. The molecule has 33 heavy (non-hydrogen) atoms. The van der Waals surface area contributed by atoms with Gasteiger partial charge in [-0.05, 0) is 71.8 Å². The molecule has 0 saturated heterocycles. The van der Waals surface area contributed by atoms with Crippen LogP contribution in [0.2, 0.25) is 0 Å². The van der Waals surface area contributed by atoms with E-state index in [2.05, 4.69) is 60.7 Å². The molecule has 174 valence electrons. The maximum absolute atomic E-state index is 10.7. The Morgan fingerprint density at radius 1 is 0.455 bits per heavy atom. The summed E-state index contributed by atoms with van der Waals surface area (Å²) in [5.41, 5.74) is 2.40. The van der Waals surface area contributed by atoms with Crippen molar-refractivity contribution in [3.8, 4) is 22.6 Å². The molecule has 0 unspecified atom stereocenters. The van der Waals surface area contributed by atoms with Gasteiger partial charge in [-0.1, -0.05) is 48.5 Å². The van der Waals surface area contributed by atoms with Crippen molar-refractivity contribution < 1.29 is 29.9 Å². The van der Waals surface area contributed by atoms with Crippen LogP contribution in [0.25, 0.3) is 11.1 Å². The monoisotopic (exact) mass is 500 g/mol. The van der Waals surface area contributed by atoms with Crippen LogP contribution in [0, 0.1) is 0 Å². The number of halogens is 6. The second kappa shape index (κ2) is 9.12. The van der Waals surface area contributed by atoms with Gasteiger partial charge in [0.25, 0.3) is 0 Å². The topological polar surface area (TPSA) is 9.23 Å². The van der Waals surface area contributed by atoms with Crippen LogP contribution in [-0.2, 0) is 11.8 Å². The van der Waals surface area contributed by atoms with E-state index < -0.39 is 7.81 Å². The molecule has 4 aromatic carbocycles. The van der Waals surface area contributed by atoms with Crippen LogP contribution >= 0.6 is 7.81 Å². The maximum atomic E-state index is 9.87. The Morgan fingerprint density at radius 3 is 1.30 bits per heavy atom. The van der Waals surface area contributed by atoms with Gasteiger partial charge in [-0.2, -0.15) is 0 Å². The zero-order valence-corrected chi connectivity index (χ0v) is 18.8. The molecule has 0 aliphatic rings. The molecule has 0 amide bonds. The van der Waals surface area contributed by atoms with E-state index in [0.29, 0.717) is 0 Å². The Balaban J connectivity index is 0.000000383. The van der Waals surface area contributed by atoms with E-state index in [1.54, 1.807) is 0 Å². The van der Waals surface area contributed by atoms with Crippen molar-refractivity contribution in [2.24, 2.45) is 0 Å². The van der Waals surface area contributed by atoms with Gasteiger partial charge < -0.3 is 4.74 Å². The number of rotatable bonds is 5. The molecule has 0 N–H and O–H groups in total. The summed E-state index contributed by atoms with van der Waals surface area (Å²) >= 11 is 1.23. The smallest absolute Gasteiger partial charge is 0.158 e. The Bertz CT molecular complexity index is 1070. The average molecular weight is 500 g/mol. The summed E-state index contributed by atoms with van der Waals surface area (Å²) in [5.74, 6) is 1.70. The van der Waals surface area contributed by atoms with Crippen LogP contribution in [0.5, 0.6) is 11.5 Å². The second-order valence-electron chi connectivity index (χ2n) is 6.89. The van der Waals surface area contributed by atoms with Crippen molar-refractivity contribution in [3.05, 3.63) is 109 Å². The first-order valence-electron chi connectivity index (χ1n) is 9.58. The third-order valence-electron chi connectivity index (χ3n) is 4.05. The van der Waals surface area contributed by atoms with Crippen LogP contribution in [0.4, 0.5) is 25.2 Å². The molecule has 1 nitrogen and oxygen atoms in total. The van der Waals surface area contributed by atoms with E-state index >= 15 is 0 Å². The van der Waals surface area contributed by atoms with E-state index in [1.165, 1.54) is 32.7 Å². The summed E-state index contributed by atoms with van der Waals surface area (Å²) in [7, 11) is -10.7. The molecule has 0 aliphatic carbocycles. The molecule has 0 spiro atoms. The largest absolute Gasteiger partial charge is 0.457 e. The van der Waals surface area contributed by atoms with Crippen molar-refractivity contribution >= 4 is 19.6 Å². The first kappa shape index (κ1) is 24.7. The van der Waals surface area contributed by atoms with E-state index in [4.69, 9.17) is 4.74 Å². The fourth-order valence-corrected chi connectivity index (χ4v) is 3.64. The number of benzene rings is 4. The van der Waals surface area contributed by atoms with E-state index in [1.807, 2.05) is 48.5 Å². The summed E-state index contributed by atoms with van der Waals surface area (Å²) in [6.45, 7) is 0. The summed E-state index contributed by atoms with van der Waals surface area (Å²) in [6.07, 6.45) is 0. The minimum atomic E-state index is -10.7. The normalized spacial score (nSPS) is 13.2. The predicted octanol–water partition coefficient (Wildman–Crippen LogP) is 9.76. The summed E-state index contributed by atoms with van der Waals surface area (Å²) in [5, 5.41) is 0. The van der Waals surface area contributed by atoms with Crippen LogP contribution < -0.4 is 4.74 Å². The predicted molar refractivity (Wildman–Crippen MR) is 124 cm³/mol. The zero-order valence-electron chi connectivity index (χ0n) is 17.0. The van der Waals surface area contributed by atoms with Crippen molar-refractivity contribution in [1.82, 2.24) is 0 Å². The molecule has 0 aromatic heterocycles. The zero-order chi connectivity index (χ0) is 24.0. The van der Waals surface area contributed by atoms with Crippen molar-refractivity contribution in [2.75, 3.05) is 0 Å². The molecule has 0 fully saturated rings. The Morgan fingerprint density at radius 2 is 0.818 bits per heavy atom. The van der Waals surface area contributed by atoms with Gasteiger partial charge in [0.15, 0.2) is 9.79 Å². The third-order valence-corrected chi connectivity index (χ3v) is 5.16. The maximum Gasteiger partial charge on any atom is 0.158 e. The summed E-state index contributed by atoms with van der Waals surface area (Å²) in [6, 6.07) is 37.3. The molecule has 0 atom stereocenters. The molecular weight excluding hydrogens is 481 g/mol. The number of ether oxygens (including phenoxy) is 1. The van der Waals surface area contributed by atoms with Gasteiger partial charge in [-0.3, -0.25) is 0 Å². The fraction of sp³-hybridized carbons (Fsp3) is 0. The Kier molecular flexibility index (Phi) is 6.82. The van der Waals surface area contributed by atoms with E-state index in [9.17, 15) is 25.2 Å². The van der Waals surface area contributed by atoms with Gasteiger partial charge in [0.2, 0.25) is 0 Å². The van der Waals surface area contributed by atoms with Gasteiger partial charge in [-0.15, -0.1) is 0 Å². The molecule has 0 heterocycles. The van der Waals surface area contributed by atoms with Gasteiger partial charge in [0, 0.05) is 11.8 Å². The molecule has 9 heteroatoms. The second-order valence-corrected chi connectivity index (χ2v) is 10.1. The minimum absolute atomic E-state index is 0.846. The molecule has 4 aromatic rings. The van der Waals surface area contributed by atoms with Crippen LogP contribution in [0.1, 0.15) is 0 Å². The molecule has 0 aliphatic heterocycles. The fourth-order valence-electron chi connectivity index (χ4n) is 2.72. The van der Waals surface area contributed by atoms with Crippen molar-refractivity contribution in [2.45, 2.75) is 9.79 Å². The molecule has 0 saturated carbocycles. The molecule has 0 bridgehead atoms. The van der Waals surface area contributed by atoms with Gasteiger partial charge in [-0.25, -0.2) is 0 Å². The number of hydrogen-bond acceptors (Lipinski definition) is 1. The van der Waals surface area contributed by atoms with Crippen LogP contribution in [-0.4, -0.2) is 0 Å². The van der Waals surface area contributed by atoms with E-state index in [0.717, 1.165) is 11.5 Å². The minimum Gasteiger partial charge on any atom is -0.457 e. The Hall–Kier alpha value is -2.96. The van der Waals surface area contributed by atoms with Gasteiger partial charge >= 0.3 is 33.0 Å². The Labute approximate surface area is 191 Å². The van der Waals surface area contributed by atoms with Crippen molar-refractivity contribution in [3.63, 3.8) is 0 Å². The quantitative estimate of drug-likeness (QED) is 0.115. The first-order chi connectivity index (χ1) is 15.3. The SMILES string of the molecule is F[P-](F)(F)(F)(F)F.c1ccc(Oc2ccc(-c3ccc([SH+]c4ccccc4)cc3)cc2)cc1. The standard InChI is InChI=1S/C24H18OS.F6P/c1-3-7-21(8-4-1)25-22-15-11-19(12-16-22)20-13-17-24(18-14-20)26-23-9-5-2-6-10-23;1-7(2,3,4,5)6/h1-18H;/q;-1/p+1. The van der Waals surface area contributed by atoms with Crippen LogP contribution in [0.3, 0.4) is 0 Å². The van der Waals surface area contributed by atoms with Crippen molar-refractivity contribution in [1.29, 1.82) is 0 Å². The van der Waals surface area contributed by atoms with Gasteiger partial charge in [0.05, 0.1) is 0 Å². The number of thiol groups is 1. The summed E-state index contributed by atoms with van der Waals surface area (Å²) < 4.78 is 65.0. The van der Waals surface area contributed by atoms with Crippen LogP contribution in [0.15, 0.2) is 119 Å². The summed E-state index contributed by atoms with van der Waals surface area (Å²) in [4.78, 5) is 2.60. The molecule has 0 radical (unpaired) electrons. The number of hydrogen-bond donors (Lipinski definition) is 0. The van der Waals surface area contributed by atoms with Gasteiger partial charge in [0.1, 0.15) is 11.5 Å². The van der Waals surface area contributed by atoms with E-state index in [-0.39, 0.29) is 0 Å². The number of para-hydroxylation sites is 1. The average Bonchev–Trinajstić information content (AvgIpc) is 2.74. The molecule has 4 rings (SSSR count). The first-order valence-corrected chi connectivity index (χ1v) is 12.5. The molecular formula is C24H19F6OPS.